The number of methoxy groups -OCH3 is 1. The number of amides is 1. The van der Waals surface area contributed by atoms with Gasteiger partial charge in [0.15, 0.2) is 0 Å². The van der Waals surface area contributed by atoms with Gasteiger partial charge in [-0.2, -0.15) is 0 Å². The molecule has 2 heterocycles. The molecule has 0 aliphatic carbocycles. The second kappa shape index (κ2) is 7.38. The Kier molecular flexibility index (Phi) is 5.23. The van der Waals surface area contributed by atoms with E-state index in [-0.39, 0.29) is 12.0 Å². The van der Waals surface area contributed by atoms with Crippen molar-refractivity contribution in [3.63, 3.8) is 0 Å². The van der Waals surface area contributed by atoms with Crippen LogP contribution in [0.1, 0.15) is 22.0 Å². The number of pyridine rings is 1. The maximum atomic E-state index is 12.8. The first kappa shape index (κ1) is 17.0. The first-order chi connectivity index (χ1) is 11.6. The van der Waals surface area contributed by atoms with Gasteiger partial charge in [0.2, 0.25) is 5.88 Å². The first-order valence-corrected chi connectivity index (χ1v) is 8.20. The van der Waals surface area contributed by atoms with E-state index in [0.29, 0.717) is 41.2 Å². The minimum absolute atomic E-state index is 0.131. The van der Waals surface area contributed by atoms with Gasteiger partial charge in [-0.25, -0.2) is 4.98 Å². The Labute approximate surface area is 150 Å². The molecule has 0 radical (unpaired) electrons. The maximum absolute atomic E-state index is 12.8. The van der Waals surface area contributed by atoms with Gasteiger partial charge >= 0.3 is 0 Å². The highest BCUT2D eigenvalue weighted by atomic mass is 35.5. The summed E-state index contributed by atoms with van der Waals surface area (Å²) in [6.07, 6.45) is 1.34. The zero-order valence-electron chi connectivity index (χ0n) is 13.0. The summed E-state index contributed by atoms with van der Waals surface area (Å²) in [5.41, 5.74) is 1.33. The molecule has 1 aliphatic rings. The highest BCUT2D eigenvalue weighted by molar-refractivity contribution is 6.42. The summed E-state index contributed by atoms with van der Waals surface area (Å²) in [4.78, 5) is 18.6. The largest absolute Gasteiger partial charge is 0.480 e. The van der Waals surface area contributed by atoms with Crippen LogP contribution in [-0.2, 0) is 4.74 Å². The molecule has 7 heteroatoms. The third-order valence-corrected chi connectivity index (χ3v) is 4.60. The smallest absolute Gasteiger partial charge is 0.259 e. The van der Waals surface area contributed by atoms with Crippen molar-refractivity contribution in [3.05, 3.63) is 57.7 Å². The van der Waals surface area contributed by atoms with Crippen LogP contribution in [0, 0.1) is 0 Å². The van der Waals surface area contributed by atoms with Crippen LogP contribution in [0.15, 0.2) is 36.5 Å². The van der Waals surface area contributed by atoms with Crippen LogP contribution >= 0.6 is 23.2 Å². The molecule has 0 bridgehead atoms. The average Bonchev–Trinajstić information content (AvgIpc) is 2.63. The highest BCUT2D eigenvalue weighted by Gasteiger charge is 2.28. The maximum Gasteiger partial charge on any atom is 0.259 e. The number of ether oxygens (including phenoxy) is 2. The van der Waals surface area contributed by atoms with Crippen LogP contribution in [0.5, 0.6) is 5.88 Å². The van der Waals surface area contributed by atoms with Gasteiger partial charge in [-0.05, 0) is 29.8 Å². The normalized spacial score (nSPS) is 17.6. The molecule has 24 heavy (non-hydrogen) atoms. The molecule has 1 aromatic carbocycles. The Balaban J connectivity index is 1.80. The van der Waals surface area contributed by atoms with Crippen molar-refractivity contribution in [2.75, 3.05) is 26.8 Å². The summed E-state index contributed by atoms with van der Waals surface area (Å²) >= 11 is 12.0. The van der Waals surface area contributed by atoms with E-state index in [1.54, 1.807) is 35.4 Å². The lowest BCUT2D eigenvalue weighted by molar-refractivity contribution is -0.0229. The van der Waals surface area contributed by atoms with E-state index in [1.807, 2.05) is 6.07 Å². The number of hydrogen-bond acceptors (Lipinski definition) is 4. The van der Waals surface area contributed by atoms with Crippen LogP contribution in [0.2, 0.25) is 10.0 Å². The number of nitrogens with zero attached hydrogens (tertiary/aromatic N) is 2. The van der Waals surface area contributed by atoms with Crippen LogP contribution in [-0.4, -0.2) is 42.6 Å². The van der Waals surface area contributed by atoms with Crippen molar-refractivity contribution in [2.24, 2.45) is 0 Å². The van der Waals surface area contributed by atoms with E-state index >= 15 is 0 Å². The van der Waals surface area contributed by atoms with Gasteiger partial charge in [0.05, 0.1) is 30.3 Å². The second-order valence-electron chi connectivity index (χ2n) is 5.34. The van der Waals surface area contributed by atoms with Crippen molar-refractivity contribution < 1.29 is 14.3 Å². The van der Waals surface area contributed by atoms with Crippen molar-refractivity contribution in [1.29, 1.82) is 0 Å². The number of carbonyl (C=O) groups excluding carboxylic acids is 1. The molecule has 1 aliphatic heterocycles. The molecule has 0 unspecified atom stereocenters. The predicted octanol–water partition coefficient (Wildman–Crippen LogP) is 3.61. The molecule has 1 saturated heterocycles. The molecule has 0 N–H and O–H groups in total. The zero-order valence-corrected chi connectivity index (χ0v) is 14.5. The van der Waals surface area contributed by atoms with Gasteiger partial charge in [-0.1, -0.05) is 29.3 Å². The summed E-state index contributed by atoms with van der Waals surface area (Å²) in [5, 5.41) is 0.958. The van der Waals surface area contributed by atoms with Crippen LogP contribution in [0.25, 0.3) is 0 Å². The monoisotopic (exact) mass is 366 g/mol. The summed E-state index contributed by atoms with van der Waals surface area (Å²) in [6, 6.07) is 8.78. The quantitative estimate of drug-likeness (QED) is 0.832. The van der Waals surface area contributed by atoms with Gasteiger partial charge in [0.1, 0.15) is 11.7 Å². The van der Waals surface area contributed by atoms with E-state index in [0.717, 1.165) is 5.56 Å². The van der Waals surface area contributed by atoms with Crippen LogP contribution in [0.4, 0.5) is 0 Å². The van der Waals surface area contributed by atoms with E-state index in [2.05, 4.69) is 4.98 Å². The molecule has 5 nitrogen and oxygen atoms in total. The van der Waals surface area contributed by atoms with Crippen molar-refractivity contribution in [3.8, 4) is 5.88 Å². The fourth-order valence-electron chi connectivity index (χ4n) is 2.63. The molecule has 1 amide bonds. The lowest BCUT2D eigenvalue weighted by atomic mass is 10.1. The van der Waals surface area contributed by atoms with Crippen LogP contribution in [0.3, 0.4) is 0 Å². The van der Waals surface area contributed by atoms with Gasteiger partial charge in [0.25, 0.3) is 5.91 Å². The van der Waals surface area contributed by atoms with E-state index in [1.165, 1.54) is 7.11 Å². The summed E-state index contributed by atoms with van der Waals surface area (Å²) < 4.78 is 11.0. The number of aromatic nitrogens is 1. The van der Waals surface area contributed by atoms with Gasteiger partial charge in [0, 0.05) is 12.7 Å². The number of morpholine rings is 1. The van der Waals surface area contributed by atoms with Crippen molar-refractivity contribution in [2.45, 2.75) is 6.10 Å². The second-order valence-corrected chi connectivity index (χ2v) is 6.16. The number of benzene rings is 1. The van der Waals surface area contributed by atoms with Gasteiger partial charge in [-0.15, -0.1) is 0 Å². The standard InChI is InChI=1S/C17H16Cl2N2O3/c1-23-16-12(3-2-6-20-16)17(22)21-7-8-24-15(10-21)11-4-5-13(18)14(19)9-11/h2-6,9,15H,7-8,10H2,1H3/t15-/m0/s1. The third kappa shape index (κ3) is 3.48. The predicted molar refractivity (Wildman–Crippen MR) is 91.8 cm³/mol. The van der Waals surface area contributed by atoms with E-state index < -0.39 is 0 Å². The van der Waals surface area contributed by atoms with Crippen LogP contribution < -0.4 is 4.74 Å². The minimum atomic E-state index is -0.250. The molecular formula is C17H16Cl2N2O3. The van der Waals surface area contributed by atoms with Gasteiger partial charge in [-0.3, -0.25) is 4.79 Å². The molecular weight excluding hydrogens is 351 g/mol. The SMILES string of the molecule is COc1ncccc1C(=O)N1CCO[C@H](c2ccc(Cl)c(Cl)c2)C1. The Hall–Kier alpha value is -1.82. The Morgan fingerprint density at radius 2 is 2.17 bits per heavy atom. The van der Waals surface area contributed by atoms with E-state index in [9.17, 15) is 4.79 Å². The molecule has 126 valence electrons. The Bertz CT molecular complexity index is 754. The first-order valence-electron chi connectivity index (χ1n) is 7.45. The lowest BCUT2D eigenvalue weighted by Crippen LogP contribution is -2.42. The Morgan fingerprint density at radius 3 is 2.92 bits per heavy atom. The molecule has 0 saturated carbocycles. The van der Waals surface area contributed by atoms with E-state index in [4.69, 9.17) is 32.7 Å². The third-order valence-electron chi connectivity index (χ3n) is 3.86. The molecule has 1 atom stereocenters. The molecule has 1 aromatic heterocycles. The summed E-state index contributed by atoms with van der Waals surface area (Å²) in [7, 11) is 1.50. The fraction of sp³-hybridized carbons (Fsp3) is 0.294. The highest BCUT2D eigenvalue weighted by Crippen LogP contribution is 2.29. The fourth-order valence-corrected chi connectivity index (χ4v) is 2.94. The summed E-state index contributed by atoms with van der Waals surface area (Å²) in [6.45, 7) is 1.38. The van der Waals surface area contributed by atoms with Crippen molar-refractivity contribution >= 4 is 29.1 Å². The average molecular weight is 367 g/mol. The zero-order chi connectivity index (χ0) is 17.1. The number of carbonyl (C=O) groups is 1. The lowest BCUT2D eigenvalue weighted by Gasteiger charge is -2.33. The number of hydrogen-bond donors (Lipinski definition) is 0. The molecule has 0 spiro atoms. The molecule has 3 rings (SSSR count). The number of halogens is 2. The van der Waals surface area contributed by atoms with Crippen molar-refractivity contribution in [1.82, 2.24) is 9.88 Å². The number of rotatable bonds is 3. The molecule has 2 aromatic rings. The molecule has 1 fully saturated rings. The minimum Gasteiger partial charge on any atom is -0.480 e. The Morgan fingerprint density at radius 1 is 1.33 bits per heavy atom. The summed E-state index contributed by atoms with van der Waals surface area (Å²) in [5.74, 6) is 0.188. The topological polar surface area (TPSA) is 51.7 Å². The van der Waals surface area contributed by atoms with Gasteiger partial charge < -0.3 is 14.4 Å².